The van der Waals surface area contributed by atoms with Gasteiger partial charge in [-0.1, -0.05) is 36.4 Å². The largest absolute Gasteiger partial charge is 0.618 e. The molecule has 90 valence electrons. The maximum Gasteiger partial charge on any atom is 0.219 e. The van der Waals surface area contributed by atoms with E-state index in [1.165, 1.54) is 0 Å². The highest BCUT2D eigenvalue weighted by atomic mass is 16.5. The van der Waals surface area contributed by atoms with Crippen molar-refractivity contribution in [3.63, 3.8) is 0 Å². The quantitative estimate of drug-likeness (QED) is 0.346. The molecule has 2 aromatic rings. The van der Waals surface area contributed by atoms with E-state index in [0.717, 1.165) is 15.9 Å². The van der Waals surface area contributed by atoms with E-state index in [-0.39, 0.29) is 0 Å². The fraction of sp³-hybridized carbons (Fsp3) is 0.0625. The summed E-state index contributed by atoms with van der Waals surface area (Å²) in [5.41, 5.74) is 2.46. The van der Waals surface area contributed by atoms with E-state index in [4.69, 9.17) is 0 Å². The third kappa shape index (κ3) is 2.86. The summed E-state index contributed by atoms with van der Waals surface area (Å²) in [4.78, 5) is 0. The van der Waals surface area contributed by atoms with E-state index in [1.54, 1.807) is 6.21 Å². The van der Waals surface area contributed by atoms with Crippen molar-refractivity contribution < 1.29 is 4.74 Å². The fourth-order valence-corrected chi connectivity index (χ4v) is 1.77. The predicted molar refractivity (Wildman–Crippen MR) is 75.3 cm³/mol. The van der Waals surface area contributed by atoms with Crippen LogP contribution in [0, 0.1) is 5.21 Å². The second-order valence-electron chi connectivity index (χ2n) is 3.91. The Balaban J connectivity index is 2.33. The Morgan fingerprint density at radius 1 is 0.944 bits per heavy atom. The van der Waals surface area contributed by atoms with Gasteiger partial charge < -0.3 is 5.21 Å². The molecule has 18 heavy (non-hydrogen) atoms. The van der Waals surface area contributed by atoms with Gasteiger partial charge in [0.15, 0.2) is 6.21 Å². The Kier molecular flexibility index (Phi) is 3.92. The summed E-state index contributed by atoms with van der Waals surface area (Å²) in [5.74, 6) is 0. The van der Waals surface area contributed by atoms with Crippen molar-refractivity contribution in [1.29, 1.82) is 0 Å². The van der Waals surface area contributed by atoms with E-state index in [2.05, 4.69) is 0 Å². The average Bonchev–Trinajstić information content (AvgIpc) is 2.42. The smallest absolute Gasteiger partial charge is 0.219 e. The number of hydroxylamine groups is 1. The van der Waals surface area contributed by atoms with Crippen molar-refractivity contribution in [3.8, 4) is 0 Å². The summed E-state index contributed by atoms with van der Waals surface area (Å²) in [7, 11) is 0. The lowest BCUT2D eigenvalue weighted by atomic mass is 10.1. The average molecular weight is 237 g/mol. The standard InChI is InChI=1S/C16H15NO/c1-2-16(15-11-7-4-8-12-15)17(18)13-14-9-5-3-6-10-14/h2-13H,1H3/b16-2+,17-13-. The Labute approximate surface area is 107 Å². The second-order valence-corrected chi connectivity index (χ2v) is 3.91. The van der Waals surface area contributed by atoms with Crippen LogP contribution in [0.25, 0.3) is 5.70 Å². The van der Waals surface area contributed by atoms with E-state index >= 15 is 0 Å². The molecule has 0 aliphatic carbocycles. The van der Waals surface area contributed by atoms with Gasteiger partial charge in [0.2, 0.25) is 5.70 Å². The first-order valence-corrected chi connectivity index (χ1v) is 5.89. The van der Waals surface area contributed by atoms with Crippen LogP contribution in [0.5, 0.6) is 0 Å². The molecule has 0 N–H and O–H groups in total. The second kappa shape index (κ2) is 5.82. The van der Waals surface area contributed by atoms with Crippen LogP contribution in [0.2, 0.25) is 0 Å². The molecule has 0 radical (unpaired) electrons. The van der Waals surface area contributed by atoms with E-state index in [9.17, 15) is 5.21 Å². The first-order chi connectivity index (χ1) is 8.81. The predicted octanol–water partition coefficient (Wildman–Crippen LogP) is 3.68. The highest BCUT2D eigenvalue weighted by Crippen LogP contribution is 2.14. The van der Waals surface area contributed by atoms with Gasteiger partial charge in [-0.2, -0.15) is 4.74 Å². The molecule has 0 aromatic heterocycles. The Hall–Kier alpha value is -2.35. The summed E-state index contributed by atoms with van der Waals surface area (Å²) in [5, 5.41) is 12.1. The van der Waals surface area contributed by atoms with Gasteiger partial charge in [-0.15, -0.1) is 0 Å². The van der Waals surface area contributed by atoms with Crippen molar-refractivity contribution in [2.24, 2.45) is 0 Å². The van der Waals surface area contributed by atoms with Gasteiger partial charge >= 0.3 is 0 Å². The molecule has 0 aliphatic rings. The van der Waals surface area contributed by atoms with Crippen molar-refractivity contribution in [3.05, 3.63) is 83.1 Å². The van der Waals surface area contributed by atoms with Crippen LogP contribution < -0.4 is 0 Å². The summed E-state index contributed by atoms with van der Waals surface area (Å²) >= 11 is 0. The third-order valence-corrected chi connectivity index (χ3v) is 2.65. The van der Waals surface area contributed by atoms with Crippen LogP contribution >= 0.6 is 0 Å². The molecule has 0 spiro atoms. The molecule has 0 amide bonds. The lowest BCUT2D eigenvalue weighted by Gasteiger charge is -2.07. The molecule has 2 heteroatoms. The minimum absolute atomic E-state index is 0.652. The monoisotopic (exact) mass is 237 g/mol. The number of hydrogen-bond donors (Lipinski definition) is 0. The van der Waals surface area contributed by atoms with Crippen molar-refractivity contribution in [2.75, 3.05) is 0 Å². The zero-order valence-corrected chi connectivity index (χ0v) is 10.3. The SMILES string of the molecule is C/C=C(c1ccccc1)/[N+]([O-])=C/c1ccccc1. The Morgan fingerprint density at radius 2 is 1.50 bits per heavy atom. The van der Waals surface area contributed by atoms with Crippen molar-refractivity contribution in [2.45, 2.75) is 6.92 Å². The summed E-state index contributed by atoms with van der Waals surface area (Å²) in [6.45, 7) is 1.87. The molecule has 0 atom stereocenters. The summed E-state index contributed by atoms with van der Waals surface area (Å²) in [6, 6.07) is 19.2. The van der Waals surface area contributed by atoms with Crippen molar-refractivity contribution in [1.82, 2.24) is 0 Å². The van der Waals surface area contributed by atoms with E-state index in [0.29, 0.717) is 5.70 Å². The van der Waals surface area contributed by atoms with Gasteiger partial charge in [0.25, 0.3) is 0 Å². The van der Waals surface area contributed by atoms with Gasteiger partial charge in [-0.05, 0) is 37.3 Å². The van der Waals surface area contributed by atoms with E-state index < -0.39 is 0 Å². The molecule has 0 saturated heterocycles. The molecule has 2 nitrogen and oxygen atoms in total. The van der Waals surface area contributed by atoms with E-state index in [1.807, 2.05) is 73.7 Å². The fourth-order valence-electron chi connectivity index (χ4n) is 1.77. The first kappa shape index (κ1) is 12.1. The van der Waals surface area contributed by atoms with Gasteiger partial charge in [-0.25, -0.2) is 0 Å². The number of hydrogen-bond acceptors (Lipinski definition) is 1. The zero-order chi connectivity index (χ0) is 12.8. The number of nitrogens with zero attached hydrogens (tertiary/aromatic N) is 1. The lowest BCUT2D eigenvalue weighted by molar-refractivity contribution is -0.344. The molecule has 0 fully saturated rings. The van der Waals surface area contributed by atoms with Crippen LogP contribution in [-0.2, 0) is 0 Å². The topological polar surface area (TPSA) is 26.1 Å². The molecule has 2 aromatic carbocycles. The molecule has 2 rings (SSSR count). The Bertz CT molecular complexity index is 556. The van der Waals surface area contributed by atoms with Gasteiger partial charge in [-0.3, -0.25) is 0 Å². The molecule has 0 unspecified atom stereocenters. The lowest BCUT2D eigenvalue weighted by Crippen LogP contribution is -2.04. The molecule has 0 aliphatic heterocycles. The van der Waals surface area contributed by atoms with Gasteiger partial charge in [0.05, 0.1) is 0 Å². The summed E-state index contributed by atoms with van der Waals surface area (Å²) in [6.07, 6.45) is 3.41. The maximum absolute atomic E-state index is 12.1. The van der Waals surface area contributed by atoms with Crippen molar-refractivity contribution >= 4 is 11.9 Å². The number of rotatable bonds is 3. The number of benzene rings is 2. The Morgan fingerprint density at radius 3 is 2.06 bits per heavy atom. The minimum atomic E-state index is 0.652. The number of allylic oxidation sites excluding steroid dienone is 1. The minimum Gasteiger partial charge on any atom is -0.618 e. The normalized spacial score (nSPS) is 12.5. The highest BCUT2D eigenvalue weighted by molar-refractivity contribution is 5.78. The highest BCUT2D eigenvalue weighted by Gasteiger charge is 2.07. The summed E-state index contributed by atoms with van der Waals surface area (Å²) < 4.78 is 0.907. The van der Waals surface area contributed by atoms with Crippen LogP contribution in [0.4, 0.5) is 0 Å². The molecule has 0 bridgehead atoms. The van der Waals surface area contributed by atoms with Crippen LogP contribution in [0.1, 0.15) is 18.1 Å². The maximum atomic E-state index is 12.1. The zero-order valence-electron chi connectivity index (χ0n) is 10.3. The first-order valence-electron chi connectivity index (χ1n) is 5.89. The van der Waals surface area contributed by atoms with Crippen LogP contribution in [-0.4, -0.2) is 11.0 Å². The molecular weight excluding hydrogens is 222 g/mol. The van der Waals surface area contributed by atoms with Gasteiger partial charge in [0, 0.05) is 11.1 Å². The van der Waals surface area contributed by atoms with Gasteiger partial charge in [0.1, 0.15) is 0 Å². The molecule has 0 saturated carbocycles. The van der Waals surface area contributed by atoms with Crippen LogP contribution in [0.15, 0.2) is 66.7 Å². The third-order valence-electron chi connectivity index (χ3n) is 2.65. The molecular formula is C16H15NO. The van der Waals surface area contributed by atoms with Crippen LogP contribution in [0.3, 0.4) is 0 Å². The molecule has 0 heterocycles.